The first-order chi connectivity index (χ1) is 15.5. The molecule has 0 saturated carbocycles. The summed E-state index contributed by atoms with van der Waals surface area (Å²) in [6, 6.07) is 10.2. The van der Waals surface area contributed by atoms with Gasteiger partial charge in [0.1, 0.15) is 22.0 Å². The van der Waals surface area contributed by atoms with Crippen molar-refractivity contribution in [3.8, 4) is 0 Å². The number of carbonyl (C=O) groups excluding carboxylic acids is 1. The number of carbonyl (C=O) groups is 1. The summed E-state index contributed by atoms with van der Waals surface area (Å²) in [5.41, 5.74) is 2.91. The van der Waals surface area contributed by atoms with Gasteiger partial charge in [-0.05, 0) is 49.1 Å². The summed E-state index contributed by atoms with van der Waals surface area (Å²) in [6.45, 7) is 2.37. The SMILES string of the molecule is CCc1ccc2nc(NC(=O)[C@@H]3CCCCN3S(=O)(=O)c3cccc4nsnc34)sc2c1. The van der Waals surface area contributed by atoms with E-state index in [9.17, 15) is 13.2 Å². The molecular formula is C21H21N5O3S3. The average molecular weight is 488 g/mol. The molecule has 0 aliphatic carbocycles. The quantitative estimate of drug-likeness (QED) is 0.455. The van der Waals surface area contributed by atoms with Crippen molar-refractivity contribution in [2.75, 3.05) is 11.9 Å². The molecule has 32 heavy (non-hydrogen) atoms. The van der Waals surface area contributed by atoms with Crippen molar-refractivity contribution < 1.29 is 13.2 Å². The van der Waals surface area contributed by atoms with E-state index in [1.807, 2.05) is 12.1 Å². The van der Waals surface area contributed by atoms with Gasteiger partial charge in [-0.15, -0.1) is 0 Å². The highest BCUT2D eigenvalue weighted by Gasteiger charge is 2.39. The third kappa shape index (κ3) is 3.79. The van der Waals surface area contributed by atoms with Gasteiger partial charge in [0.05, 0.1) is 21.9 Å². The van der Waals surface area contributed by atoms with E-state index in [2.05, 4.69) is 32.0 Å². The van der Waals surface area contributed by atoms with Crippen LogP contribution in [0.4, 0.5) is 5.13 Å². The molecule has 1 amide bonds. The van der Waals surface area contributed by atoms with E-state index >= 15 is 0 Å². The number of fused-ring (bicyclic) bond motifs is 2. The molecule has 4 aromatic rings. The van der Waals surface area contributed by atoms with Crippen LogP contribution in [0.15, 0.2) is 41.3 Å². The number of hydrogen-bond acceptors (Lipinski definition) is 8. The Hall–Kier alpha value is -2.47. The highest BCUT2D eigenvalue weighted by atomic mass is 32.2. The van der Waals surface area contributed by atoms with Crippen molar-refractivity contribution >= 4 is 65.4 Å². The lowest BCUT2D eigenvalue weighted by molar-refractivity contribution is -0.120. The Bertz CT molecular complexity index is 1410. The summed E-state index contributed by atoms with van der Waals surface area (Å²) in [6.07, 6.45) is 2.87. The smallest absolute Gasteiger partial charge is 0.246 e. The molecule has 0 spiro atoms. The highest BCUT2D eigenvalue weighted by Crippen LogP contribution is 2.31. The van der Waals surface area contributed by atoms with Gasteiger partial charge in [0.15, 0.2) is 5.13 Å². The lowest BCUT2D eigenvalue weighted by Crippen LogP contribution is -2.49. The summed E-state index contributed by atoms with van der Waals surface area (Å²) in [7, 11) is -3.92. The fourth-order valence-corrected chi connectivity index (χ4v) is 7.34. The molecule has 1 saturated heterocycles. The lowest BCUT2D eigenvalue weighted by atomic mass is 10.0. The number of sulfonamides is 1. The van der Waals surface area contributed by atoms with Gasteiger partial charge in [0.25, 0.3) is 0 Å². The van der Waals surface area contributed by atoms with E-state index < -0.39 is 16.1 Å². The third-order valence-corrected chi connectivity index (χ3v) is 9.10. The van der Waals surface area contributed by atoms with Gasteiger partial charge in [0, 0.05) is 6.54 Å². The summed E-state index contributed by atoms with van der Waals surface area (Å²) in [5, 5.41) is 3.34. The first kappa shape index (κ1) is 21.4. The van der Waals surface area contributed by atoms with Crippen LogP contribution in [-0.2, 0) is 21.2 Å². The van der Waals surface area contributed by atoms with Gasteiger partial charge in [-0.3, -0.25) is 4.79 Å². The number of nitrogens with one attached hydrogen (secondary N) is 1. The van der Waals surface area contributed by atoms with E-state index in [1.54, 1.807) is 12.1 Å². The predicted molar refractivity (Wildman–Crippen MR) is 127 cm³/mol. The molecule has 8 nitrogen and oxygen atoms in total. The predicted octanol–water partition coefficient (Wildman–Crippen LogP) is 4.05. The Kier molecular flexibility index (Phi) is 5.66. The molecular weight excluding hydrogens is 466 g/mol. The van der Waals surface area contributed by atoms with Crippen LogP contribution in [0.25, 0.3) is 21.3 Å². The monoisotopic (exact) mass is 487 g/mol. The number of anilines is 1. The van der Waals surface area contributed by atoms with Crippen LogP contribution in [0.1, 0.15) is 31.7 Å². The topological polar surface area (TPSA) is 105 Å². The number of hydrogen-bond donors (Lipinski definition) is 1. The molecule has 1 N–H and O–H groups in total. The molecule has 1 aliphatic heterocycles. The molecule has 3 heterocycles. The zero-order valence-electron chi connectivity index (χ0n) is 17.3. The minimum Gasteiger partial charge on any atom is -0.301 e. The van der Waals surface area contributed by atoms with E-state index in [1.165, 1.54) is 27.3 Å². The van der Waals surface area contributed by atoms with Gasteiger partial charge in [-0.25, -0.2) is 13.4 Å². The van der Waals surface area contributed by atoms with E-state index in [4.69, 9.17) is 0 Å². The number of thiazole rings is 1. The van der Waals surface area contributed by atoms with Crippen LogP contribution in [0, 0.1) is 0 Å². The molecule has 1 fully saturated rings. The summed E-state index contributed by atoms with van der Waals surface area (Å²) in [4.78, 5) is 17.8. The molecule has 0 unspecified atom stereocenters. The highest BCUT2D eigenvalue weighted by molar-refractivity contribution is 7.89. The van der Waals surface area contributed by atoms with Crippen LogP contribution in [0.3, 0.4) is 0 Å². The first-order valence-corrected chi connectivity index (χ1v) is 13.4. The second kappa shape index (κ2) is 8.47. The minimum atomic E-state index is -3.92. The van der Waals surface area contributed by atoms with Crippen molar-refractivity contribution in [3.63, 3.8) is 0 Å². The summed E-state index contributed by atoms with van der Waals surface area (Å²) >= 11 is 2.37. The molecule has 0 bridgehead atoms. The van der Waals surface area contributed by atoms with Gasteiger partial charge in [-0.2, -0.15) is 13.1 Å². The summed E-state index contributed by atoms with van der Waals surface area (Å²) in [5.74, 6) is -0.355. The zero-order valence-corrected chi connectivity index (χ0v) is 19.8. The van der Waals surface area contributed by atoms with Crippen molar-refractivity contribution in [2.45, 2.75) is 43.5 Å². The van der Waals surface area contributed by atoms with E-state index in [-0.39, 0.29) is 17.3 Å². The van der Waals surface area contributed by atoms with Gasteiger partial charge < -0.3 is 5.32 Å². The molecule has 11 heteroatoms. The zero-order chi connectivity index (χ0) is 22.3. The van der Waals surface area contributed by atoms with Crippen molar-refractivity contribution in [1.82, 2.24) is 18.0 Å². The maximum absolute atomic E-state index is 13.5. The molecule has 2 aromatic carbocycles. The fraction of sp³-hybridized carbons (Fsp3) is 0.333. The Labute approximate surface area is 193 Å². The number of aromatic nitrogens is 3. The third-order valence-electron chi connectivity index (χ3n) is 5.68. The van der Waals surface area contributed by atoms with Crippen LogP contribution in [-0.4, -0.2) is 44.9 Å². The van der Waals surface area contributed by atoms with E-state index in [0.717, 1.165) is 34.8 Å². The largest absolute Gasteiger partial charge is 0.301 e. The fourth-order valence-electron chi connectivity index (χ4n) is 4.00. The second-order valence-corrected chi connectivity index (χ2v) is 11.1. The standard InChI is InChI=1S/C21H21N5O3S3/c1-2-13-9-10-14-17(12-13)30-21(22-14)23-20(27)16-7-3-4-11-26(16)32(28,29)18-8-5-6-15-19(18)25-31-24-15/h5-6,8-10,12,16H,2-4,7,11H2,1H3,(H,22,23,27)/t16-/m0/s1. The molecule has 1 aliphatic rings. The molecule has 0 radical (unpaired) electrons. The number of aryl methyl sites for hydroxylation is 1. The van der Waals surface area contributed by atoms with Crippen molar-refractivity contribution in [2.24, 2.45) is 0 Å². The molecule has 5 rings (SSSR count). The van der Waals surface area contributed by atoms with Crippen LogP contribution in [0.5, 0.6) is 0 Å². The normalized spacial score (nSPS) is 17.7. The first-order valence-electron chi connectivity index (χ1n) is 10.4. The van der Waals surface area contributed by atoms with Gasteiger partial charge >= 0.3 is 0 Å². The van der Waals surface area contributed by atoms with Crippen LogP contribution < -0.4 is 5.32 Å². The number of rotatable bonds is 5. The van der Waals surface area contributed by atoms with E-state index in [0.29, 0.717) is 29.0 Å². The number of piperidine rings is 1. The second-order valence-electron chi connectivity index (χ2n) is 7.68. The number of nitrogens with zero attached hydrogens (tertiary/aromatic N) is 4. The number of benzene rings is 2. The van der Waals surface area contributed by atoms with Crippen LogP contribution >= 0.6 is 23.1 Å². The lowest BCUT2D eigenvalue weighted by Gasteiger charge is -2.33. The molecule has 2 aromatic heterocycles. The Morgan fingerprint density at radius 2 is 2.06 bits per heavy atom. The minimum absolute atomic E-state index is 0.0931. The van der Waals surface area contributed by atoms with Gasteiger partial charge in [0.2, 0.25) is 15.9 Å². The maximum atomic E-state index is 13.5. The van der Waals surface area contributed by atoms with Gasteiger partial charge in [-0.1, -0.05) is 36.8 Å². The Morgan fingerprint density at radius 1 is 1.19 bits per heavy atom. The maximum Gasteiger partial charge on any atom is 0.246 e. The van der Waals surface area contributed by atoms with Crippen molar-refractivity contribution in [3.05, 3.63) is 42.0 Å². The average Bonchev–Trinajstić information content (AvgIpc) is 3.44. The Balaban J connectivity index is 1.44. The number of amides is 1. The molecule has 166 valence electrons. The summed E-state index contributed by atoms with van der Waals surface area (Å²) < 4.78 is 37.7. The van der Waals surface area contributed by atoms with Crippen LogP contribution in [0.2, 0.25) is 0 Å². The Morgan fingerprint density at radius 3 is 2.91 bits per heavy atom. The molecule has 1 atom stereocenters. The van der Waals surface area contributed by atoms with Crippen molar-refractivity contribution in [1.29, 1.82) is 0 Å².